The van der Waals surface area contributed by atoms with E-state index in [9.17, 15) is 4.79 Å². The summed E-state index contributed by atoms with van der Waals surface area (Å²) >= 11 is 1.76. The molecule has 1 fully saturated rings. The predicted molar refractivity (Wildman–Crippen MR) is 101 cm³/mol. The Bertz CT molecular complexity index is 905. The molecule has 26 heavy (non-hydrogen) atoms. The third-order valence-electron chi connectivity index (χ3n) is 4.84. The first-order chi connectivity index (χ1) is 12.6. The minimum absolute atomic E-state index is 0.0790. The van der Waals surface area contributed by atoms with Crippen molar-refractivity contribution in [2.75, 3.05) is 13.1 Å². The van der Waals surface area contributed by atoms with Gasteiger partial charge in [-0.05, 0) is 26.7 Å². The largest absolute Gasteiger partial charge is 0.350 e. The zero-order valence-electron chi connectivity index (χ0n) is 14.9. The van der Waals surface area contributed by atoms with E-state index in [1.165, 1.54) is 15.4 Å². The van der Waals surface area contributed by atoms with Gasteiger partial charge in [0.05, 0.1) is 5.01 Å². The van der Waals surface area contributed by atoms with Gasteiger partial charge >= 0.3 is 0 Å². The highest BCUT2D eigenvalue weighted by atomic mass is 32.1. The molecule has 2 aromatic heterocycles. The van der Waals surface area contributed by atoms with Crippen LogP contribution in [0.2, 0.25) is 0 Å². The third-order valence-corrected chi connectivity index (χ3v) is 5.91. The minimum Gasteiger partial charge on any atom is -0.350 e. The van der Waals surface area contributed by atoms with E-state index in [0.717, 1.165) is 31.5 Å². The van der Waals surface area contributed by atoms with Crippen LogP contribution in [0.5, 0.6) is 0 Å². The van der Waals surface area contributed by atoms with Gasteiger partial charge < -0.3 is 9.42 Å². The van der Waals surface area contributed by atoms with Gasteiger partial charge in [0, 0.05) is 41.7 Å². The molecule has 0 spiro atoms. The molecule has 5 nitrogen and oxygen atoms in total. The summed E-state index contributed by atoms with van der Waals surface area (Å²) in [6.07, 6.45) is 3.81. The van der Waals surface area contributed by atoms with Gasteiger partial charge in [-0.25, -0.2) is 4.98 Å². The van der Waals surface area contributed by atoms with Crippen molar-refractivity contribution < 1.29 is 9.32 Å². The van der Waals surface area contributed by atoms with Crippen LogP contribution in [0.4, 0.5) is 0 Å². The molecule has 1 aliphatic heterocycles. The molecule has 0 saturated carbocycles. The summed E-state index contributed by atoms with van der Waals surface area (Å²) in [4.78, 5) is 20.3. The van der Waals surface area contributed by atoms with E-state index in [-0.39, 0.29) is 5.91 Å². The average molecular weight is 367 g/mol. The molecule has 0 unspecified atom stereocenters. The summed E-state index contributed by atoms with van der Waals surface area (Å²) in [6, 6.07) is 9.77. The van der Waals surface area contributed by atoms with Gasteiger partial charge in [0.1, 0.15) is 5.69 Å². The van der Waals surface area contributed by atoms with Crippen LogP contribution in [-0.4, -0.2) is 34.0 Å². The van der Waals surface area contributed by atoms with Gasteiger partial charge in [0.2, 0.25) is 5.76 Å². The number of hydrogen-bond acceptors (Lipinski definition) is 5. The molecule has 1 aliphatic rings. The molecule has 3 heterocycles. The first kappa shape index (κ1) is 17.0. The standard InChI is InChI=1S/C20H21N3O2S/c1-13-3-5-15(6-4-13)17-11-18(25-22-17)20(24)23-9-7-16(8-10-23)19-21-12-14(2)26-19/h3-6,11-12,16H,7-10H2,1-2H3. The van der Waals surface area contributed by atoms with Crippen LogP contribution in [0.15, 0.2) is 41.1 Å². The third kappa shape index (κ3) is 3.42. The molecule has 6 heteroatoms. The highest BCUT2D eigenvalue weighted by Gasteiger charge is 2.28. The normalized spacial score (nSPS) is 15.4. The number of carbonyl (C=O) groups is 1. The number of aromatic nitrogens is 2. The second-order valence-electron chi connectivity index (χ2n) is 6.82. The molecule has 134 valence electrons. The average Bonchev–Trinajstić information content (AvgIpc) is 3.31. The first-order valence-corrected chi connectivity index (χ1v) is 9.67. The van der Waals surface area contributed by atoms with Crippen molar-refractivity contribution in [3.05, 3.63) is 57.7 Å². The van der Waals surface area contributed by atoms with Crippen LogP contribution in [0, 0.1) is 13.8 Å². The quantitative estimate of drug-likeness (QED) is 0.687. The summed E-state index contributed by atoms with van der Waals surface area (Å²) < 4.78 is 5.33. The number of aryl methyl sites for hydroxylation is 2. The summed E-state index contributed by atoms with van der Waals surface area (Å²) in [5.41, 5.74) is 2.84. The lowest BCUT2D eigenvalue weighted by Crippen LogP contribution is -2.37. The summed E-state index contributed by atoms with van der Waals surface area (Å²) in [7, 11) is 0. The van der Waals surface area contributed by atoms with Gasteiger partial charge in [-0.2, -0.15) is 0 Å². The van der Waals surface area contributed by atoms with Gasteiger partial charge in [-0.15, -0.1) is 11.3 Å². The van der Waals surface area contributed by atoms with E-state index in [0.29, 0.717) is 17.4 Å². The molecule has 1 amide bonds. The molecular weight excluding hydrogens is 346 g/mol. The van der Waals surface area contributed by atoms with Gasteiger partial charge in [-0.3, -0.25) is 4.79 Å². The Labute approximate surface area is 156 Å². The molecule has 0 radical (unpaired) electrons. The number of likely N-dealkylation sites (tertiary alicyclic amines) is 1. The number of amides is 1. The number of piperidine rings is 1. The van der Waals surface area contributed by atoms with Crippen LogP contribution in [0.3, 0.4) is 0 Å². The van der Waals surface area contributed by atoms with E-state index < -0.39 is 0 Å². The summed E-state index contributed by atoms with van der Waals surface area (Å²) in [6.45, 7) is 5.57. The maximum atomic E-state index is 12.7. The summed E-state index contributed by atoms with van der Waals surface area (Å²) in [5.74, 6) is 0.685. The molecule has 1 aromatic carbocycles. The maximum Gasteiger partial charge on any atom is 0.292 e. The summed E-state index contributed by atoms with van der Waals surface area (Å²) in [5, 5.41) is 5.26. The predicted octanol–water partition coefficient (Wildman–Crippen LogP) is 4.43. The first-order valence-electron chi connectivity index (χ1n) is 8.85. The van der Waals surface area contributed by atoms with E-state index in [4.69, 9.17) is 4.52 Å². The molecule has 3 aromatic rings. The lowest BCUT2D eigenvalue weighted by Gasteiger charge is -2.30. The smallest absolute Gasteiger partial charge is 0.292 e. The van der Waals surface area contributed by atoms with Crippen molar-refractivity contribution in [2.24, 2.45) is 0 Å². The Morgan fingerprint density at radius 2 is 1.92 bits per heavy atom. The number of rotatable bonds is 3. The molecule has 0 N–H and O–H groups in total. The van der Waals surface area contributed by atoms with Crippen molar-refractivity contribution in [3.63, 3.8) is 0 Å². The maximum absolute atomic E-state index is 12.7. The van der Waals surface area contributed by atoms with Gasteiger partial charge in [0.15, 0.2) is 0 Å². The minimum atomic E-state index is -0.0790. The Morgan fingerprint density at radius 3 is 2.58 bits per heavy atom. The lowest BCUT2D eigenvalue weighted by atomic mass is 9.97. The van der Waals surface area contributed by atoms with E-state index in [1.54, 1.807) is 17.4 Å². The Morgan fingerprint density at radius 1 is 1.19 bits per heavy atom. The molecule has 0 atom stereocenters. The zero-order valence-corrected chi connectivity index (χ0v) is 15.8. The highest BCUT2D eigenvalue weighted by Crippen LogP contribution is 2.31. The van der Waals surface area contributed by atoms with E-state index in [1.807, 2.05) is 42.3 Å². The second-order valence-corrected chi connectivity index (χ2v) is 8.08. The van der Waals surface area contributed by atoms with Crippen LogP contribution in [0.25, 0.3) is 11.3 Å². The lowest BCUT2D eigenvalue weighted by molar-refractivity contribution is 0.0671. The van der Waals surface area contributed by atoms with Crippen molar-refractivity contribution in [2.45, 2.75) is 32.6 Å². The number of nitrogens with zero attached hydrogens (tertiary/aromatic N) is 3. The molecular formula is C20H21N3O2S. The SMILES string of the molecule is Cc1ccc(-c2cc(C(=O)N3CCC(c4ncc(C)s4)CC3)on2)cc1. The van der Waals surface area contributed by atoms with Crippen LogP contribution >= 0.6 is 11.3 Å². The van der Waals surface area contributed by atoms with Crippen LogP contribution in [0.1, 0.15) is 44.8 Å². The van der Waals surface area contributed by atoms with Crippen molar-refractivity contribution >= 4 is 17.2 Å². The van der Waals surface area contributed by atoms with Crippen LogP contribution < -0.4 is 0 Å². The zero-order chi connectivity index (χ0) is 18.1. The highest BCUT2D eigenvalue weighted by molar-refractivity contribution is 7.11. The molecule has 1 saturated heterocycles. The molecule has 0 bridgehead atoms. The monoisotopic (exact) mass is 367 g/mol. The molecule has 0 aliphatic carbocycles. The fraction of sp³-hybridized carbons (Fsp3) is 0.350. The van der Waals surface area contributed by atoms with E-state index >= 15 is 0 Å². The van der Waals surface area contributed by atoms with E-state index in [2.05, 4.69) is 17.1 Å². The number of hydrogen-bond donors (Lipinski definition) is 0. The van der Waals surface area contributed by atoms with Crippen molar-refractivity contribution in [1.29, 1.82) is 0 Å². The number of carbonyl (C=O) groups excluding carboxylic acids is 1. The number of benzene rings is 1. The van der Waals surface area contributed by atoms with Gasteiger partial charge in [0.25, 0.3) is 5.91 Å². The Balaban J connectivity index is 1.42. The second kappa shape index (κ2) is 7.03. The fourth-order valence-electron chi connectivity index (χ4n) is 3.28. The van der Waals surface area contributed by atoms with Crippen LogP contribution in [-0.2, 0) is 0 Å². The molecule has 4 rings (SSSR count). The Kier molecular flexibility index (Phi) is 4.59. The Hall–Kier alpha value is -2.47. The fourth-order valence-corrected chi connectivity index (χ4v) is 4.23. The van der Waals surface area contributed by atoms with Crippen molar-refractivity contribution in [3.8, 4) is 11.3 Å². The topological polar surface area (TPSA) is 59.2 Å². The number of thiazole rings is 1. The van der Waals surface area contributed by atoms with Gasteiger partial charge in [-0.1, -0.05) is 35.0 Å². The van der Waals surface area contributed by atoms with Crippen molar-refractivity contribution in [1.82, 2.24) is 15.0 Å².